The summed E-state index contributed by atoms with van der Waals surface area (Å²) in [5, 5.41) is 19.8. The van der Waals surface area contributed by atoms with E-state index in [-0.39, 0.29) is 11.3 Å². The van der Waals surface area contributed by atoms with E-state index in [1.165, 1.54) is 38.1 Å². The molecule has 3 aromatic rings. The summed E-state index contributed by atoms with van der Waals surface area (Å²) in [6.45, 7) is 2.64. The number of aliphatic carboxylic acids is 1. The fourth-order valence-electron chi connectivity index (χ4n) is 3.26. The number of alkyl halides is 2. The van der Waals surface area contributed by atoms with Gasteiger partial charge in [-0.05, 0) is 47.5 Å². The molecular formula is C26H23F2NO4. The third-order valence-corrected chi connectivity index (χ3v) is 5.08. The fourth-order valence-corrected chi connectivity index (χ4v) is 3.26. The Labute approximate surface area is 190 Å². The molecule has 0 amide bonds. The quantitative estimate of drug-likeness (QED) is 0.397. The van der Waals surface area contributed by atoms with Crippen molar-refractivity contribution in [1.29, 1.82) is 5.26 Å². The second-order valence-electron chi connectivity index (χ2n) is 7.80. The van der Waals surface area contributed by atoms with Crippen LogP contribution in [0.15, 0.2) is 78.9 Å². The minimum absolute atomic E-state index is 0.171. The molecule has 0 aliphatic rings. The Hall–Kier alpha value is -3.92. The van der Waals surface area contributed by atoms with E-state index >= 15 is 0 Å². The molecule has 1 N–H and O–H groups in total. The normalized spacial score (nSPS) is 13.1. The lowest BCUT2D eigenvalue weighted by molar-refractivity contribution is -0.207. The molecule has 0 heterocycles. The molecule has 3 rings (SSSR count). The van der Waals surface area contributed by atoms with E-state index in [9.17, 15) is 23.9 Å². The highest BCUT2D eigenvalue weighted by Crippen LogP contribution is 2.37. The maximum atomic E-state index is 14.0. The highest BCUT2D eigenvalue weighted by Gasteiger charge is 2.37. The zero-order chi connectivity index (χ0) is 24.0. The first-order valence-electron chi connectivity index (χ1n) is 10.3. The highest BCUT2D eigenvalue weighted by molar-refractivity contribution is 5.78. The number of halogens is 2. The predicted octanol–water partition coefficient (Wildman–Crippen LogP) is 6.58. The lowest BCUT2D eigenvalue weighted by Gasteiger charge is -2.23. The van der Waals surface area contributed by atoms with Crippen molar-refractivity contribution in [3.63, 3.8) is 0 Å². The van der Waals surface area contributed by atoms with Gasteiger partial charge in [-0.2, -0.15) is 14.0 Å². The van der Waals surface area contributed by atoms with E-state index in [2.05, 4.69) is 0 Å². The Balaban J connectivity index is 1.93. The molecule has 0 radical (unpaired) electrons. The molecular weight excluding hydrogens is 428 g/mol. The Morgan fingerprint density at radius 1 is 0.909 bits per heavy atom. The van der Waals surface area contributed by atoms with Crippen LogP contribution in [0, 0.1) is 17.2 Å². The van der Waals surface area contributed by atoms with Crippen molar-refractivity contribution >= 4 is 5.97 Å². The van der Waals surface area contributed by atoms with Gasteiger partial charge < -0.3 is 14.6 Å². The monoisotopic (exact) mass is 451 g/mol. The number of para-hydroxylation sites is 1. The molecule has 0 aliphatic heterocycles. The second-order valence-corrected chi connectivity index (χ2v) is 7.80. The van der Waals surface area contributed by atoms with Gasteiger partial charge >= 0.3 is 12.1 Å². The second kappa shape index (κ2) is 10.1. The van der Waals surface area contributed by atoms with Crippen LogP contribution in [-0.4, -0.2) is 17.2 Å². The summed E-state index contributed by atoms with van der Waals surface area (Å²) in [7, 11) is 0. The topological polar surface area (TPSA) is 79.5 Å². The summed E-state index contributed by atoms with van der Waals surface area (Å²) < 4.78 is 38.7. The minimum Gasteiger partial charge on any atom is -0.481 e. The third-order valence-electron chi connectivity index (χ3n) is 5.08. The smallest absolute Gasteiger partial charge is 0.400 e. The van der Waals surface area contributed by atoms with Gasteiger partial charge in [-0.15, -0.1) is 0 Å². The Morgan fingerprint density at radius 3 is 2.09 bits per heavy atom. The largest absolute Gasteiger partial charge is 0.481 e. The summed E-state index contributed by atoms with van der Waals surface area (Å²) in [6.07, 6.45) is -3.42. The summed E-state index contributed by atoms with van der Waals surface area (Å²) in [5.41, 5.74) is 0.609. The molecule has 3 aromatic carbocycles. The number of carboxylic acids is 1. The average Bonchev–Trinajstić information content (AvgIpc) is 2.77. The van der Waals surface area contributed by atoms with E-state index in [0.717, 1.165) is 0 Å². The number of hydrogen-bond donors (Lipinski definition) is 1. The lowest BCUT2D eigenvalue weighted by atomic mass is 9.82. The zero-order valence-corrected chi connectivity index (χ0v) is 18.1. The first-order valence-corrected chi connectivity index (χ1v) is 10.3. The molecule has 0 aromatic heterocycles. The Bertz CT molecular complexity index is 1140. The number of carboxylic acid groups (broad SMARTS) is 1. The van der Waals surface area contributed by atoms with E-state index in [1.54, 1.807) is 36.4 Å². The Morgan fingerprint density at radius 2 is 1.48 bits per heavy atom. The van der Waals surface area contributed by atoms with Gasteiger partial charge in [0.05, 0.1) is 17.9 Å². The SMILES string of the molecule is CC(C)C(F)(F)Oc1cccc(C(C(=O)O)C(C#N)c2cccc(Oc3ccccc3)c2)c1. The van der Waals surface area contributed by atoms with E-state index in [4.69, 9.17) is 9.47 Å². The number of carbonyl (C=O) groups is 1. The van der Waals surface area contributed by atoms with Crippen molar-refractivity contribution < 1.29 is 28.2 Å². The molecule has 0 bridgehead atoms. The summed E-state index contributed by atoms with van der Waals surface area (Å²) >= 11 is 0. The third kappa shape index (κ3) is 5.86. The van der Waals surface area contributed by atoms with Crippen molar-refractivity contribution in [2.45, 2.75) is 31.8 Å². The van der Waals surface area contributed by atoms with Gasteiger partial charge in [0, 0.05) is 0 Å². The molecule has 0 saturated heterocycles. The molecule has 2 unspecified atom stereocenters. The molecule has 33 heavy (non-hydrogen) atoms. The van der Waals surface area contributed by atoms with Gasteiger partial charge in [0.15, 0.2) is 0 Å². The van der Waals surface area contributed by atoms with Crippen LogP contribution in [0.4, 0.5) is 8.78 Å². The van der Waals surface area contributed by atoms with Crippen LogP contribution >= 0.6 is 0 Å². The van der Waals surface area contributed by atoms with Crippen LogP contribution in [0.2, 0.25) is 0 Å². The van der Waals surface area contributed by atoms with Crippen molar-refractivity contribution in [1.82, 2.24) is 0 Å². The van der Waals surface area contributed by atoms with Crippen LogP contribution < -0.4 is 9.47 Å². The van der Waals surface area contributed by atoms with E-state index in [1.807, 2.05) is 24.3 Å². The number of benzene rings is 3. The number of nitriles is 1. The minimum atomic E-state index is -3.42. The summed E-state index contributed by atoms with van der Waals surface area (Å²) in [6, 6.07) is 23.1. The van der Waals surface area contributed by atoms with Crippen LogP contribution in [0.25, 0.3) is 0 Å². The molecule has 170 valence electrons. The first-order chi connectivity index (χ1) is 15.7. The van der Waals surface area contributed by atoms with Crippen molar-refractivity contribution in [3.8, 4) is 23.3 Å². The molecule has 7 heteroatoms. The van der Waals surface area contributed by atoms with Crippen molar-refractivity contribution in [2.24, 2.45) is 5.92 Å². The van der Waals surface area contributed by atoms with E-state index < -0.39 is 29.8 Å². The van der Waals surface area contributed by atoms with Crippen molar-refractivity contribution in [3.05, 3.63) is 90.0 Å². The van der Waals surface area contributed by atoms with E-state index in [0.29, 0.717) is 17.1 Å². The maximum absolute atomic E-state index is 14.0. The molecule has 2 atom stereocenters. The van der Waals surface area contributed by atoms with Crippen molar-refractivity contribution in [2.75, 3.05) is 0 Å². The summed E-state index contributed by atoms with van der Waals surface area (Å²) in [4.78, 5) is 12.2. The van der Waals surface area contributed by atoms with Crippen LogP contribution in [-0.2, 0) is 4.79 Å². The highest BCUT2D eigenvalue weighted by atomic mass is 19.3. The van der Waals surface area contributed by atoms with Crippen LogP contribution in [0.1, 0.15) is 36.8 Å². The van der Waals surface area contributed by atoms with Gasteiger partial charge in [0.25, 0.3) is 0 Å². The number of hydrogen-bond acceptors (Lipinski definition) is 4. The number of ether oxygens (including phenoxy) is 2. The van der Waals surface area contributed by atoms with Gasteiger partial charge in [0.1, 0.15) is 23.2 Å². The standard InChI is InChI=1S/C26H23F2NO4/c1-17(2)26(27,28)33-22-13-7-9-19(15-22)24(25(30)31)23(16-29)18-8-6-12-21(14-18)32-20-10-4-3-5-11-20/h3-15,17,23-24H,1-2H3,(H,30,31). The van der Waals surface area contributed by atoms with Gasteiger partial charge in [0.2, 0.25) is 0 Å². The van der Waals surface area contributed by atoms with Crippen LogP contribution in [0.5, 0.6) is 17.2 Å². The first kappa shape index (κ1) is 23.7. The number of rotatable bonds is 9. The molecule has 0 saturated carbocycles. The number of nitrogens with zero attached hydrogens (tertiary/aromatic N) is 1. The molecule has 0 spiro atoms. The molecule has 0 fully saturated rings. The molecule has 0 aliphatic carbocycles. The van der Waals surface area contributed by atoms with Gasteiger partial charge in [-0.25, -0.2) is 0 Å². The summed E-state index contributed by atoms with van der Waals surface area (Å²) in [5.74, 6) is -3.87. The van der Waals surface area contributed by atoms with Gasteiger partial charge in [-0.3, -0.25) is 4.79 Å². The maximum Gasteiger partial charge on any atom is 0.400 e. The average molecular weight is 451 g/mol. The van der Waals surface area contributed by atoms with Crippen LogP contribution in [0.3, 0.4) is 0 Å². The fraction of sp³-hybridized carbons (Fsp3) is 0.231. The zero-order valence-electron chi connectivity index (χ0n) is 18.1. The van der Waals surface area contributed by atoms with Gasteiger partial charge in [-0.1, -0.05) is 56.3 Å². The molecule has 5 nitrogen and oxygen atoms in total. The Kier molecular flexibility index (Phi) is 7.29. The predicted molar refractivity (Wildman–Crippen MR) is 119 cm³/mol. The lowest BCUT2D eigenvalue weighted by Crippen LogP contribution is -2.31.